The van der Waals surface area contributed by atoms with Gasteiger partial charge in [0.1, 0.15) is 11.6 Å². The van der Waals surface area contributed by atoms with Crippen molar-refractivity contribution in [2.45, 2.75) is 26.7 Å². The number of imidazole rings is 1. The molecule has 1 heterocycles. The van der Waals surface area contributed by atoms with E-state index in [0.717, 1.165) is 16.5 Å². The molecule has 0 amide bonds. The highest BCUT2D eigenvalue weighted by molar-refractivity contribution is 5.69. The maximum Gasteiger partial charge on any atom is 0.306 e. The molecule has 0 bridgehead atoms. The van der Waals surface area contributed by atoms with Crippen molar-refractivity contribution >= 4 is 18.1 Å². The second-order valence-corrected chi connectivity index (χ2v) is 3.89. The largest absolute Gasteiger partial charge is 0.497 e. The predicted molar refractivity (Wildman–Crippen MR) is 73.5 cm³/mol. The monoisotopic (exact) mass is 264 g/mol. The molecule has 1 rings (SSSR count). The normalized spacial score (nSPS) is 12.6. The molecule has 0 aliphatic rings. The fourth-order valence-electron chi connectivity index (χ4n) is 1.57. The van der Waals surface area contributed by atoms with Gasteiger partial charge in [-0.15, -0.1) is 0 Å². The zero-order chi connectivity index (χ0) is 14.3. The summed E-state index contributed by atoms with van der Waals surface area (Å²) >= 11 is 0. The fourth-order valence-corrected chi connectivity index (χ4v) is 1.57. The van der Waals surface area contributed by atoms with Crippen LogP contribution in [0.5, 0.6) is 0 Å². The third kappa shape index (κ3) is 4.62. The van der Waals surface area contributed by atoms with E-state index in [1.807, 2.05) is 13.0 Å². The molecule has 104 valence electrons. The van der Waals surface area contributed by atoms with Gasteiger partial charge in [0, 0.05) is 12.5 Å². The lowest BCUT2D eigenvalue weighted by Crippen LogP contribution is -2.24. The lowest BCUT2D eigenvalue weighted by Gasteiger charge is -1.98. The predicted octanol–water partition coefficient (Wildman–Crippen LogP) is 0.646. The first kappa shape index (κ1) is 15.0. The third-order valence-electron chi connectivity index (χ3n) is 2.53. The summed E-state index contributed by atoms with van der Waals surface area (Å²) in [5.74, 6) is 1.07. The SMILES string of the molecule is C=C(/C=c1/nc(CCC(=O)OCC)[nH]/c1=C/C)OC. The molecule has 5 nitrogen and oxygen atoms in total. The number of aromatic amines is 1. The molecule has 1 aromatic heterocycles. The van der Waals surface area contributed by atoms with Crippen LogP contribution in [0.1, 0.15) is 26.1 Å². The van der Waals surface area contributed by atoms with Crippen molar-refractivity contribution in [1.82, 2.24) is 9.97 Å². The molecular weight excluding hydrogens is 244 g/mol. The number of nitrogens with zero attached hydrogens (tertiary/aromatic N) is 1. The number of rotatable bonds is 6. The van der Waals surface area contributed by atoms with Gasteiger partial charge in [-0.3, -0.25) is 4.79 Å². The topological polar surface area (TPSA) is 64.2 Å². The number of aryl methyl sites for hydroxylation is 1. The van der Waals surface area contributed by atoms with Crippen LogP contribution in [0.4, 0.5) is 0 Å². The minimum absolute atomic E-state index is 0.215. The number of carbonyl (C=O) groups excluding carboxylic acids is 1. The van der Waals surface area contributed by atoms with E-state index in [2.05, 4.69) is 16.5 Å². The highest BCUT2D eigenvalue weighted by atomic mass is 16.5. The minimum Gasteiger partial charge on any atom is -0.497 e. The Balaban J connectivity index is 2.86. The standard InChI is InChI=1S/C14H20N2O3/c1-5-11-12(9-10(3)18-4)16-13(15-11)7-8-14(17)19-6-2/h5,9H,3,6-8H2,1-2,4H3,(H,15,16)/b11-5+,12-9+. The van der Waals surface area contributed by atoms with Crippen molar-refractivity contribution in [1.29, 1.82) is 0 Å². The van der Waals surface area contributed by atoms with Gasteiger partial charge in [0.2, 0.25) is 0 Å². The van der Waals surface area contributed by atoms with Crippen LogP contribution in [0, 0.1) is 0 Å². The molecule has 0 spiro atoms. The summed E-state index contributed by atoms with van der Waals surface area (Å²) in [6.45, 7) is 7.83. The summed E-state index contributed by atoms with van der Waals surface area (Å²) in [5, 5.41) is 1.64. The Morgan fingerprint density at radius 1 is 1.53 bits per heavy atom. The lowest BCUT2D eigenvalue weighted by molar-refractivity contribution is -0.143. The van der Waals surface area contributed by atoms with Crippen LogP contribution in [-0.4, -0.2) is 29.7 Å². The maximum atomic E-state index is 11.3. The molecule has 0 radical (unpaired) electrons. The molecule has 0 aliphatic carbocycles. The van der Waals surface area contributed by atoms with Crippen LogP contribution >= 0.6 is 0 Å². The number of ether oxygens (including phenoxy) is 2. The van der Waals surface area contributed by atoms with E-state index in [0.29, 0.717) is 25.2 Å². The van der Waals surface area contributed by atoms with Gasteiger partial charge < -0.3 is 14.5 Å². The van der Waals surface area contributed by atoms with Crippen LogP contribution in [0.3, 0.4) is 0 Å². The summed E-state index contributed by atoms with van der Waals surface area (Å²) in [4.78, 5) is 18.9. The van der Waals surface area contributed by atoms with Crippen LogP contribution in [0.25, 0.3) is 12.2 Å². The first-order chi connectivity index (χ1) is 9.10. The van der Waals surface area contributed by atoms with Crippen molar-refractivity contribution in [2.24, 2.45) is 0 Å². The molecule has 1 N–H and O–H groups in total. The van der Waals surface area contributed by atoms with E-state index in [4.69, 9.17) is 9.47 Å². The van der Waals surface area contributed by atoms with Crippen molar-refractivity contribution in [3.05, 3.63) is 28.9 Å². The Morgan fingerprint density at radius 3 is 2.84 bits per heavy atom. The molecule has 5 heteroatoms. The smallest absolute Gasteiger partial charge is 0.306 e. The van der Waals surface area contributed by atoms with E-state index >= 15 is 0 Å². The number of nitrogens with one attached hydrogen (secondary N) is 1. The summed E-state index contributed by atoms with van der Waals surface area (Å²) in [6, 6.07) is 0. The molecule has 0 aromatic carbocycles. The van der Waals surface area contributed by atoms with Crippen LogP contribution in [-0.2, 0) is 20.7 Å². The molecule has 1 aromatic rings. The highest BCUT2D eigenvalue weighted by Crippen LogP contribution is 1.95. The molecule has 0 saturated heterocycles. The van der Waals surface area contributed by atoms with Crippen molar-refractivity contribution in [2.75, 3.05) is 13.7 Å². The van der Waals surface area contributed by atoms with Crippen molar-refractivity contribution in [3.8, 4) is 0 Å². The Hall–Kier alpha value is -2.04. The summed E-state index contributed by atoms with van der Waals surface area (Å²) in [6.07, 6.45) is 4.50. The highest BCUT2D eigenvalue weighted by Gasteiger charge is 2.05. The fraction of sp³-hybridized carbons (Fsp3) is 0.429. The Kier molecular flexibility index (Phi) is 5.85. The van der Waals surface area contributed by atoms with E-state index in [9.17, 15) is 4.79 Å². The number of H-pyrrole nitrogens is 1. The Labute approximate surface area is 112 Å². The molecule has 19 heavy (non-hydrogen) atoms. The van der Waals surface area contributed by atoms with Gasteiger partial charge in [0.25, 0.3) is 0 Å². The zero-order valence-electron chi connectivity index (χ0n) is 11.7. The number of allylic oxidation sites excluding steroid dienone is 1. The Morgan fingerprint density at radius 2 is 2.26 bits per heavy atom. The van der Waals surface area contributed by atoms with Crippen molar-refractivity contribution in [3.63, 3.8) is 0 Å². The average molecular weight is 264 g/mol. The van der Waals surface area contributed by atoms with E-state index in [-0.39, 0.29) is 5.97 Å². The molecule has 0 fully saturated rings. The molecule has 0 aliphatic heterocycles. The van der Waals surface area contributed by atoms with Gasteiger partial charge >= 0.3 is 5.97 Å². The van der Waals surface area contributed by atoms with E-state index in [1.54, 1.807) is 20.1 Å². The number of aromatic nitrogens is 2. The van der Waals surface area contributed by atoms with Gasteiger partial charge in [-0.2, -0.15) is 0 Å². The summed E-state index contributed by atoms with van der Waals surface area (Å²) in [7, 11) is 1.56. The summed E-state index contributed by atoms with van der Waals surface area (Å²) in [5.41, 5.74) is 0. The molecule has 0 unspecified atom stereocenters. The van der Waals surface area contributed by atoms with Gasteiger partial charge in [0.15, 0.2) is 0 Å². The molecule has 0 atom stereocenters. The number of esters is 1. The third-order valence-corrected chi connectivity index (χ3v) is 2.53. The lowest BCUT2D eigenvalue weighted by atomic mass is 10.3. The number of hydrogen-bond acceptors (Lipinski definition) is 4. The van der Waals surface area contributed by atoms with Crippen molar-refractivity contribution < 1.29 is 14.3 Å². The first-order valence-electron chi connectivity index (χ1n) is 6.22. The number of hydrogen-bond donors (Lipinski definition) is 1. The van der Waals surface area contributed by atoms with E-state index < -0.39 is 0 Å². The van der Waals surface area contributed by atoms with Gasteiger partial charge in [0.05, 0.1) is 30.8 Å². The van der Waals surface area contributed by atoms with Gasteiger partial charge in [-0.1, -0.05) is 12.7 Å². The Bertz CT molecular complexity index is 558. The molecular formula is C14H20N2O3. The maximum absolute atomic E-state index is 11.3. The van der Waals surface area contributed by atoms with Gasteiger partial charge in [-0.25, -0.2) is 4.98 Å². The molecule has 0 saturated carbocycles. The van der Waals surface area contributed by atoms with Crippen LogP contribution < -0.4 is 10.7 Å². The second kappa shape index (κ2) is 7.41. The number of methoxy groups -OCH3 is 1. The van der Waals surface area contributed by atoms with E-state index in [1.165, 1.54) is 0 Å². The quantitative estimate of drug-likeness (QED) is 0.605. The van der Waals surface area contributed by atoms with Crippen LogP contribution in [0.15, 0.2) is 12.3 Å². The first-order valence-corrected chi connectivity index (χ1v) is 6.22. The average Bonchev–Trinajstić information content (AvgIpc) is 2.78. The second-order valence-electron chi connectivity index (χ2n) is 3.89. The number of carbonyl (C=O) groups is 1. The zero-order valence-corrected chi connectivity index (χ0v) is 11.7. The summed E-state index contributed by atoms with van der Waals surface area (Å²) < 4.78 is 9.88. The minimum atomic E-state index is -0.215. The van der Waals surface area contributed by atoms with Gasteiger partial charge in [-0.05, 0) is 13.8 Å². The van der Waals surface area contributed by atoms with Crippen LogP contribution in [0.2, 0.25) is 0 Å².